The van der Waals surface area contributed by atoms with Crippen LogP contribution in [0, 0.1) is 0 Å². The number of hydrogen-bond acceptors (Lipinski definition) is 5. The average molecular weight is 476 g/mol. The molecule has 0 aliphatic carbocycles. The van der Waals surface area contributed by atoms with Crippen LogP contribution in [0.4, 0.5) is 13.2 Å². The maximum atomic E-state index is 13.2. The highest BCUT2D eigenvalue weighted by atomic mass is 19.4. The fraction of sp³-hybridized carbons (Fsp3) is 0.400. The molecule has 0 amide bonds. The number of nitrogens with zero attached hydrogens (tertiary/aromatic N) is 2. The number of alkyl halides is 3. The summed E-state index contributed by atoms with van der Waals surface area (Å²) in [4.78, 5) is 2.31. The molecule has 9 heteroatoms. The molecule has 1 aromatic heterocycles. The zero-order valence-electron chi connectivity index (χ0n) is 19.4. The minimum atomic E-state index is -4.39. The molecule has 6 nitrogen and oxygen atoms in total. The van der Waals surface area contributed by atoms with Gasteiger partial charge >= 0.3 is 6.18 Å². The summed E-state index contributed by atoms with van der Waals surface area (Å²) in [6.07, 6.45) is -0.893. The summed E-state index contributed by atoms with van der Waals surface area (Å²) >= 11 is 0. The van der Waals surface area contributed by atoms with Crippen molar-refractivity contribution in [3.63, 3.8) is 0 Å². The normalized spacial score (nSPS) is 16.9. The summed E-state index contributed by atoms with van der Waals surface area (Å²) in [6, 6.07) is 9.22. The van der Waals surface area contributed by atoms with E-state index in [9.17, 15) is 13.2 Å². The second-order valence-electron chi connectivity index (χ2n) is 8.34. The molecule has 1 aliphatic heterocycles. The Morgan fingerprint density at radius 1 is 1.06 bits per heavy atom. The standard InChI is InChI=1S/C25H28F3N3O3/c1-32-21-10-9-18(23(33-2)24(21)34-3)15-31-11-5-7-17(14-31)22-20(13-29-30-22)16-6-4-8-19(12-16)25(26,27)28/h4,6,8-10,12-13,17H,5,7,11,14-15H2,1-3H3,(H,29,30). The van der Waals surface area contributed by atoms with Crippen LogP contribution < -0.4 is 14.2 Å². The number of rotatable bonds is 7. The predicted molar refractivity (Wildman–Crippen MR) is 122 cm³/mol. The van der Waals surface area contributed by atoms with Gasteiger partial charge in [0.25, 0.3) is 0 Å². The molecule has 0 radical (unpaired) electrons. The minimum absolute atomic E-state index is 0.118. The predicted octanol–water partition coefficient (Wildman–Crippen LogP) is 5.50. The van der Waals surface area contributed by atoms with Crippen molar-refractivity contribution in [2.75, 3.05) is 34.4 Å². The highest BCUT2D eigenvalue weighted by Crippen LogP contribution is 2.41. The van der Waals surface area contributed by atoms with Crippen LogP contribution in [0.1, 0.15) is 35.6 Å². The van der Waals surface area contributed by atoms with E-state index in [2.05, 4.69) is 15.1 Å². The molecule has 0 spiro atoms. The van der Waals surface area contributed by atoms with Crippen LogP contribution in [0.5, 0.6) is 17.2 Å². The van der Waals surface area contributed by atoms with Crippen LogP contribution in [-0.2, 0) is 12.7 Å². The Morgan fingerprint density at radius 2 is 1.85 bits per heavy atom. The number of halogens is 3. The average Bonchev–Trinajstić information content (AvgIpc) is 3.33. The molecule has 1 atom stereocenters. The summed E-state index contributed by atoms with van der Waals surface area (Å²) in [7, 11) is 4.76. The van der Waals surface area contributed by atoms with Crippen LogP contribution in [0.2, 0.25) is 0 Å². The Balaban J connectivity index is 1.56. The van der Waals surface area contributed by atoms with E-state index in [1.807, 2.05) is 12.1 Å². The maximum absolute atomic E-state index is 13.2. The molecule has 34 heavy (non-hydrogen) atoms. The van der Waals surface area contributed by atoms with Crippen molar-refractivity contribution in [1.82, 2.24) is 15.1 Å². The van der Waals surface area contributed by atoms with Gasteiger partial charge in [-0.1, -0.05) is 18.2 Å². The monoisotopic (exact) mass is 475 g/mol. The van der Waals surface area contributed by atoms with Crippen molar-refractivity contribution in [1.29, 1.82) is 0 Å². The van der Waals surface area contributed by atoms with Gasteiger partial charge in [-0.05, 0) is 43.1 Å². The van der Waals surface area contributed by atoms with Crippen molar-refractivity contribution < 1.29 is 27.4 Å². The zero-order valence-corrected chi connectivity index (χ0v) is 19.4. The Kier molecular flexibility index (Phi) is 7.02. The number of likely N-dealkylation sites (tertiary alicyclic amines) is 1. The lowest BCUT2D eigenvalue weighted by molar-refractivity contribution is -0.137. The molecule has 2 aromatic carbocycles. The van der Waals surface area contributed by atoms with Crippen molar-refractivity contribution in [2.24, 2.45) is 0 Å². The van der Waals surface area contributed by atoms with Gasteiger partial charge in [0.05, 0.1) is 33.1 Å². The van der Waals surface area contributed by atoms with E-state index in [1.165, 1.54) is 12.1 Å². The Hall–Kier alpha value is -3.20. The minimum Gasteiger partial charge on any atom is -0.493 e. The first kappa shape index (κ1) is 23.9. The number of H-pyrrole nitrogens is 1. The van der Waals surface area contributed by atoms with Gasteiger partial charge in [-0.3, -0.25) is 10.00 Å². The maximum Gasteiger partial charge on any atom is 0.416 e. The lowest BCUT2D eigenvalue weighted by Gasteiger charge is -2.33. The van der Waals surface area contributed by atoms with Crippen molar-refractivity contribution >= 4 is 0 Å². The van der Waals surface area contributed by atoms with E-state index >= 15 is 0 Å². The zero-order chi connectivity index (χ0) is 24.3. The molecular formula is C25H28F3N3O3. The number of nitrogens with one attached hydrogen (secondary N) is 1. The van der Waals surface area contributed by atoms with E-state index < -0.39 is 11.7 Å². The number of aromatic amines is 1. The van der Waals surface area contributed by atoms with E-state index in [0.29, 0.717) is 34.9 Å². The van der Waals surface area contributed by atoms with Gasteiger partial charge in [0.15, 0.2) is 11.5 Å². The Bertz CT molecular complexity index is 1130. The largest absolute Gasteiger partial charge is 0.493 e. The van der Waals surface area contributed by atoms with Crippen LogP contribution in [0.15, 0.2) is 42.6 Å². The highest BCUT2D eigenvalue weighted by Gasteiger charge is 2.31. The van der Waals surface area contributed by atoms with Gasteiger partial charge in [-0.25, -0.2) is 0 Å². The van der Waals surface area contributed by atoms with E-state index in [4.69, 9.17) is 14.2 Å². The number of ether oxygens (including phenoxy) is 3. The summed E-state index contributed by atoms with van der Waals surface area (Å²) < 4.78 is 56.2. The Labute approximate surface area is 196 Å². The number of benzene rings is 2. The molecule has 1 unspecified atom stereocenters. The summed E-state index contributed by atoms with van der Waals surface area (Å²) in [6.45, 7) is 2.29. The third-order valence-electron chi connectivity index (χ3n) is 6.26. The van der Waals surface area contributed by atoms with Gasteiger partial charge in [-0.2, -0.15) is 18.3 Å². The topological polar surface area (TPSA) is 59.6 Å². The van der Waals surface area contributed by atoms with Gasteiger partial charge < -0.3 is 14.2 Å². The van der Waals surface area contributed by atoms with Gasteiger partial charge in [-0.15, -0.1) is 0 Å². The number of piperidine rings is 1. The van der Waals surface area contributed by atoms with Crippen molar-refractivity contribution in [2.45, 2.75) is 31.5 Å². The molecule has 4 rings (SSSR count). The number of aromatic nitrogens is 2. The molecule has 2 heterocycles. The molecule has 1 N–H and O–H groups in total. The first-order chi connectivity index (χ1) is 16.4. The fourth-order valence-corrected chi connectivity index (χ4v) is 4.66. The molecule has 0 saturated carbocycles. The van der Waals surface area contributed by atoms with Crippen LogP contribution in [0.3, 0.4) is 0 Å². The lowest BCUT2D eigenvalue weighted by Crippen LogP contribution is -2.34. The summed E-state index contributed by atoms with van der Waals surface area (Å²) in [5.74, 6) is 1.90. The molecule has 0 bridgehead atoms. The quantitative estimate of drug-likeness (QED) is 0.489. The lowest BCUT2D eigenvalue weighted by atomic mass is 9.90. The first-order valence-corrected chi connectivity index (χ1v) is 11.1. The van der Waals surface area contributed by atoms with Gasteiger partial charge in [0, 0.05) is 35.8 Å². The third-order valence-corrected chi connectivity index (χ3v) is 6.26. The third kappa shape index (κ3) is 4.84. The van der Waals surface area contributed by atoms with Crippen molar-refractivity contribution in [3.8, 4) is 28.4 Å². The molecule has 1 saturated heterocycles. The van der Waals surface area contributed by atoms with E-state index in [1.54, 1.807) is 33.6 Å². The van der Waals surface area contributed by atoms with Crippen LogP contribution >= 0.6 is 0 Å². The second-order valence-corrected chi connectivity index (χ2v) is 8.34. The summed E-state index contributed by atoms with van der Waals surface area (Å²) in [5.41, 5.74) is 2.40. The highest BCUT2D eigenvalue weighted by molar-refractivity contribution is 5.67. The van der Waals surface area contributed by atoms with Gasteiger partial charge in [0.2, 0.25) is 5.75 Å². The van der Waals surface area contributed by atoms with Crippen LogP contribution in [-0.4, -0.2) is 49.5 Å². The molecule has 3 aromatic rings. The molecule has 182 valence electrons. The Morgan fingerprint density at radius 3 is 2.56 bits per heavy atom. The number of hydrogen-bond donors (Lipinski definition) is 1. The molecule has 1 aliphatic rings. The second kappa shape index (κ2) is 9.97. The first-order valence-electron chi connectivity index (χ1n) is 11.1. The summed E-state index contributed by atoms with van der Waals surface area (Å²) in [5, 5.41) is 7.22. The van der Waals surface area contributed by atoms with Crippen molar-refractivity contribution in [3.05, 3.63) is 59.4 Å². The van der Waals surface area contributed by atoms with E-state index in [0.717, 1.165) is 43.3 Å². The number of methoxy groups -OCH3 is 3. The SMILES string of the molecule is COc1ccc(CN2CCCC(c3[nH]ncc3-c3cccc(C(F)(F)F)c3)C2)c(OC)c1OC. The fourth-order valence-electron chi connectivity index (χ4n) is 4.66. The van der Waals surface area contributed by atoms with Gasteiger partial charge in [0.1, 0.15) is 0 Å². The molecule has 1 fully saturated rings. The van der Waals surface area contributed by atoms with Crippen LogP contribution in [0.25, 0.3) is 11.1 Å². The molecular weight excluding hydrogens is 447 g/mol. The smallest absolute Gasteiger partial charge is 0.416 e. The van der Waals surface area contributed by atoms with E-state index in [-0.39, 0.29) is 5.92 Å².